The first-order chi connectivity index (χ1) is 11.5. The maximum Gasteiger partial charge on any atom is 0.321 e. The summed E-state index contributed by atoms with van der Waals surface area (Å²) in [5, 5.41) is 15.8. The molecule has 2 N–H and O–H groups in total. The van der Waals surface area contributed by atoms with Crippen LogP contribution in [0.15, 0.2) is 29.6 Å². The van der Waals surface area contributed by atoms with Crippen molar-refractivity contribution in [1.29, 1.82) is 0 Å². The van der Waals surface area contributed by atoms with Gasteiger partial charge < -0.3 is 9.84 Å². The van der Waals surface area contributed by atoms with Crippen LogP contribution in [0.25, 0.3) is 10.6 Å². The largest absolute Gasteiger partial charge is 0.480 e. The molecule has 24 heavy (non-hydrogen) atoms. The smallest absolute Gasteiger partial charge is 0.321 e. The molecular weight excluding hydrogens is 348 g/mol. The third-order valence-corrected chi connectivity index (χ3v) is 5.18. The molecular formula is C17H19ClN2O3S. The van der Waals surface area contributed by atoms with Gasteiger partial charge in [-0.2, -0.15) is 0 Å². The van der Waals surface area contributed by atoms with Gasteiger partial charge in [0.1, 0.15) is 23.4 Å². The average molecular weight is 367 g/mol. The van der Waals surface area contributed by atoms with E-state index in [-0.39, 0.29) is 18.2 Å². The van der Waals surface area contributed by atoms with Crippen LogP contribution in [0, 0.1) is 5.92 Å². The van der Waals surface area contributed by atoms with Gasteiger partial charge in [0.05, 0.1) is 10.7 Å². The van der Waals surface area contributed by atoms with Gasteiger partial charge in [0, 0.05) is 17.4 Å². The first kappa shape index (κ1) is 17.4. The molecule has 0 saturated carbocycles. The standard InChI is InChI=1S/C17H19ClN2O3S/c1-9(2)14(17(21)22)20-15-13(23-15)7-10-8-24-16(19-10)11-5-3-4-6-12(11)18/h3-6,8-9,13-15,20H,7H2,1-2H3,(H,21,22)/t13?,14-,15?/m0/s1. The van der Waals surface area contributed by atoms with Crippen molar-refractivity contribution in [2.45, 2.75) is 38.6 Å². The lowest BCUT2D eigenvalue weighted by atomic mass is 10.0. The first-order valence-corrected chi connectivity index (χ1v) is 9.05. The summed E-state index contributed by atoms with van der Waals surface area (Å²) >= 11 is 7.75. The van der Waals surface area contributed by atoms with E-state index in [1.807, 2.05) is 43.5 Å². The molecule has 0 bridgehead atoms. The maximum absolute atomic E-state index is 11.2. The van der Waals surface area contributed by atoms with Crippen LogP contribution in [0.5, 0.6) is 0 Å². The van der Waals surface area contributed by atoms with Crippen molar-refractivity contribution < 1.29 is 14.6 Å². The number of nitrogens with one attached hydrogen (secondary N) is 1. The Labute approximate surface area is 149 Å². The van der Waals surface area contributed by atoms with Crippen molar-refractivity contribution in [3.8, 4) is 10.6 Å². The number of hydrogen-bond donors (Lipinski definition) is 2. The Bertz CT molecular complexity index is 734. The number of hydrogen-bond acceptors (Lipinski definition) is 5. The predicted octanol–water partition coefficient (Wildman–Crippen LogP) is 3.43. The first-order valence-electron chi connectivity index (χ1n) is 7.79. The van der Waals surface area contributed by atoms with E-state index in [2.05, 4.69) is 10.3 Å². The van der Waals surface area contributed by atoms with Crippen LogP contribution in [0.4, 0.5) is 0 Å². The van der Waals surface area contributed by atoms with Crippen LogP contribution in [0.3, 0.4) is 0 Å². The minimum atomic E-state index is -0.853. The van der Waals surface area contributed by atoms with Crippen molar-refractivity contribution in [3.63, 3.8) is 0 Å². The minimum absolute atomic E-state index is 0.00144. The summed E-state index contributed by atoms with van der Waals surface area (Å²) in [4.78, 5) is 15.8. The van der Waals surface area contributed by atoms with Gasteiger partial charge in [-0.1, -0.05) is 43.6 Å². The Morgan fingerprint density at radius 3 is 2.88 bits per heavy atom. The summed E-state index contributed by atoms with van der Waals surface area (Å²) in [6.45, 7) is 3.75. The highest BCUT2D eigenvalue weighted by molar-refractivity contribution is 7.13. The Kier molecular flexibility index (Phi) is 5.20. The van der Waals surface area contributed by atoms with E-state index < -0.39 is 12.0 Å². The number of halogens is 1. The number of thiazole rings is 1. The van der Waals surface area contributed by atoms with Gasteiger partial charge in [-0.25, -0.2) is 4.98 Å². The Balaban J connectivity index is 1.59. The third kappa shape index (κ3) is 3.95. The second-order valence-corrected chi connectivity index (χ2v) is 7.41. The highest BCUT2D eigenvalue weighted by Gasteiger charge is 2.42. The number of benzene rings is 1. The Hall–Kier alpha value is -1.47. The second kappa shape index (κ2) is 7.19. The molecule has 5 nitrogen and oxygen atoms in total. The number of rotatable bonds is 7. The maximum atomic E-state index is 11.2. The van der Waals surface area contributed by atoms with E-state index in [4.69, 9.17) is 16.3 Å². The summed E-state index contributed by atoms with van der Waals surface area (Å²) in [7, 11) is 0. The van der Waals surface area contributed by atoms with Gasteiger partial charge in [0.25, 0.3) is 0 Å². The topological polar surface area (TPSA) is 74.8 Å². The van der Waals surface area contributed by atoms with Crippen LogP contribution in [-0.2, 0) is 16.0 Å². The van der Waals surface area contributed by atoms with Crippen molar-refractivity contribution in [2.24, 2.45) is 5.92 Å². The fraction of sp³-hybridized carbons (Fsp3) is 0.412. The van der Waals surface area contributed by atoms with Crippen molar-refractivity contribution >= 4 is 28.9 Å². The van der Waals surface area contributed by atoms with Crippen molar-refractivity contribution in [1.82, 2.24) is 10.3 Å². The lowest BCUT2D eigenvalue weighted by Gasteiger charge is -2.16. The van der Waals surface area contributed by atoms with Crippen molar-refractivity contribution in [2.75, 3.05) is 0 Å². The predicted molar refractivity (Wildman–Crippen MR) is 94.3 cm³/mol. The molecule has 1 aliphatic heterocycles. The van der Waals surface area contributed by atoms with Gasteiger partial charge in [-0.05, 0) is 12.0 Å². The fourth-order valence-corrected chi connectivity index (χ4v) is 3.69. The molecule has 2 aromatic rings. The molecule has 2 unspecified atom stereocenters. The molecule has 7 heteroatoms. The van der Waals surface area contributed by atoms with Crippen LogP contribution >= 0.6 is 22.9 Å². The molecule has 1 aromatic heterocycles. The quantitative estimate of drug-likeness (QED) is 0.734. The highest BCUT2D eigenvalue weighted by Crippen LogP contribution is 2.32. The van der Waals surface area contributed by atoms with Gasteiger partial charge in [0.2, 0.25) is 0 Å². The zero-order valence-corrected chi connectivity index (χ0v) is 15.0. The summed E-state index contributed by atoms with van der Waals surface area (Å²) in [5.74, 6) is -0.854. The lowest BCUT2D eigenvalue weighted by Crippen LogP contribution is -2.43. The van der Waals surface area contributed by atoms with E-state index in [9.17, 15) is 9.90 Å². The summed E-state index contributed by atoms with van der Waals surface area (Å²) in [6.07, 6.45) is 0.397. The van der Waals surface area contributed by atoms with E-state index in [1.54, 1.807) is 11.3 Å². The molecule has 1 aromatic carbocycles. The molecule has 1 saturated heterocycles. The van der Waals surface area contributed by atoms with Crippen molar-refractivity contribution in [3.05, 3.63) is 40.4 Å². The summed E-state index contributed by atoms with van der Waals surface area (Å²) in [6, 6.07) is 7.02. The number of carboxylic acids is 1. The zero-order valence-electron chi connectivity index (χ0n) is 13.4. The molecule has 2 heterocycles. The van der Waals surface area contributed by atoms with Crippen LogP contribution in [0.2, 0.25) is 5.02 Å². The molecule has 1 aliphatic rings. The average Bonchev–Trinajstić information content (AvgIpc) is 3.08. The Morgan fingerprint density at radius 2 is 2.21 bits per heavy atom. The molecule has 1 fully saturated rings. The van der Waals surface area contributed by atoms with Gasteiger partial charge in [0.15, 0.2) is 0 Å². The lowest BCUT2D eigenvalue weighted by molar-refractivity contribution is -0.140. The van der Waals surface area contributed by atoms with E-state index in [0.29, 0.717) is 11.4 Å². The monoisotopic (exact) mass is 366 g/mol. The van der Waals surface area contributed by atoms with E-state index >= 15 is 0 Å². The number of epoxide rings is 1. The normalized spacial score (nSPS) is 21.0. The van der Waals surface area contributed by atoms with E-state index in [0.717, 1.165) is 16.3 Å². The SMILES string of the molecule is CC(C)[C@H](NC1OC1Cc1csc(-c2ccccc2Cl)n1)C(=O)O. The van der Waals surface area contributed by atoms with E-state index in [1.165, 1.54) is 0 Å². The summed E-state index contributed by atoms with van der Waals surface area (Å²) < 4.78 is 5.55. The number of carbonyl (C=O) groups is 1. The molecule has 0 aliphatic carbocycles. The number of carboxylic acid groups (broad SMARTS) is 1. The number of aromatic nitrogens is 1. The molecule has 0 amide bonds. The van der Waals surface area contributed by atoms with Crippen LogP contribution in [0.1, 0.15) is 19.5 Å². The molecule has 0 spiro atoms. The summed E-state index contributed by atoms with van der Waals surface area (Å²) in [5.41, 5.74) is 1.85. The third-order valence-electron chi connectivity index (χ3n) is 3.93. The van der Waals surface area contributed by atoms with Crippen LogP contribution in [-0.4, -0.2) is 34.4 Å². The molecule has 3 atom stereocenters. The number of ether oxygens (including phenoxy) is 1. The fourth-order valence-electron chi connectivity index (χ4n) is 2.54. The second-order valence-electron chi connectivity index (χ2n) is 6.15. The molecule has 128 valence electrons. The highest BCUT2D eigenvalue weighted by atomic mass is 35.5. The zero-order chi connectivity index (χ0) is 17.3. The van der Waals surface area contributed by atoms with Gasteiger partial charge in [-0.15, -0.1) is 11.3 Å². The molecule has 0 radical (unpaired) electrons. The number of nitrogens with zero attached hydrogens (tertiary/aromatic N) is 1. The van der Waals surface area contributed by atoms with Crippen LogP contribution < -0.4 is 5.32 Å². The minimum Gasteiger partial charge on any atom is -0.480 e. The number of aliphatic carboxylic acids is 1. The molecule has 3 rings (SSSR count). The Morgan fingerprint density at radius 1 is 1.46 bits per heavy atom. The van der Waals surface area contributed by atoms with Gasteiger partial charge in [-0.3, -0.25) is 10.1 Å². The van der Waals surface area contributed by atoms with Gasteiger partial charge >= 0.3 is 5.97 Å².